The van der Waals surface area contributed by atoms with Gasteiger partial charge >= 0.3 is 0 Å². The van der Waals surface area contributed by atoms with E-state index < -0.39 is 0 Å². The molecule has 10 aromatic rings. The van der Waals surface area contributed by atoms with E-state index in [1.54, 1.807) is 0 Å². The Morgan fingerprint density at radius 1 is 0.558 bits per heavy atom. The van der Waals surface area contributed by atoms with Crippen LogP contribution in [-0.2, 0) is 12.8 Å². The molecule has 0 aliphatic heterocycles. The van der Waals surface area contributed by atoms with Crippen molar-refractivity contribution in [3.63, 3.8) is 0 Å². The van der Waals surface area contributed by atoms with Crippen LogP contribution in [0.3, 0.4) is 0 Å². The van der Waals surface area contributed by atoms with Crippen LogP contribution in [0.5, 0.6) is 0 Å². The predicted molar refractivity (Wildman–Crippen MR) is 216 cm³/mol. The summed E-state index contributed by atoms with van der Waals surface area (Å²) in [5.41, 5.74) is 12.9. The van der Waals surface area contributed by atoms with Crippen molar-refractivity contribution in [1.29, 1.82) is 0 Å². The molecule has 0 saturated heterocycles. The molecule has 5 heteroatoms. The average Bonchev–Trinajstić information content (AvgIpc) is 3.91. The van der Waals surface area contributed by atoms with Crippen molar-refractivity contribution >= 4 is 53.3 Å². The van der Waals surface area contributed by atoms with Gasteiger partial charge in [-0.1, -0.05) is 91.0 Å². The highest BCUT2D eigenvalue weighted by Gasteiger charge is 2.32. The summed E-state index contributed by atoms with van der Waals surface area (Å²) in [5.74, 6) is 1.62. The Morgan fingerprint density at radius 2 is 1.23 bits per heavy atom. The second-order valence-electron chi connectivity index (χ2n) is 13.8. The molecule has 1 aliphatic rings. The van der Waals surface area contributed by atoms with Gasteiger partial charge in [-0.3, -0.25) is 0 Å². The van der Waals surface area contributed by atoms with E-state index in [1.807, 2.05) is 18.3 Å². The molecule has 4 aromatic heterocycles. The molecule has 4 heterocycles. The number of fused-ring (bicyclic) bond motifs is 9. The Hall–Kier alpha value is -6.17. The number of aromatic nitrogens is 3. The summed E-state index contributed by atoms with van der Waals surface area (Å²) in [5, 5.41) is 5.10. The molecule has 0 radical (unpaired) electrons. The molecule has 0 saturated carbocycles. The first kappa shape index (κ1) is 29.5. The monoisotopic (exact) mass is 687 g/mol. The minimum absolute atomic E-state index is 0.713. The number of benzene rings is 6. The average molecular weight is 688 g/mol. The highest BCUT2D eigenvalue weighted by molar-refractivity contribution is 7.25. The molecular formula is C47H33N3OS. The van der Waals surface area contributed by atoms with Crippen molar-refractivity contribution in [3.05, 3.63) is 163 Å². The quantitative estimate of drug-likeness (QED) is 0.185. The molecule has 0 unspecified atom stereocenters. The van der Waals surface area contributed by atoms with Gasteiger partial charge in [-0.15, -0.1) is 11.3 Å². The molecule has 11 rings (SSSR count). The van der Waals surface area contributed by atoms with Gasteiger partial charge in [0.25, 0.3) is 0 Å². The first-order valence-corrected chi connectivity index (χ1v) is 18.8. The third kappa shape index (κ3) is 4.36. The van der Waals surface area contributed by atoms with Gasteiger partial charge in [0.1, 0.15) is 0 Å². The summed E-state index contributed by atoms with van der Waals surface area (Å²) < 4.78 is 14.1. The lowest BCUT2D eigenvalue weighted by Crippen LogP contribution is -2.02. The Labute approximate surface area is 304 Å². The van der Waals surface area contributed by atoms with E-state index in [0.29, 0.717) is 5.89 Å². The zero-order valence-electron chi connectivity index (χ0n) is 28.6. The van der Waals surface area contributed by atoms with E-state index in [9.17, 15) is 0 Å². The Bertz CT molecular complexity index is 2960. The van der Waals surface area contributed by atoms with Crippen molar-refractivity contribution in [3.8, 4) is 45.2 Å². The van der Waals surface area contributed by atoms with E-state index in [0.717, 1.165) is 53.3 Å². The third-order valence-corrected chi connectivity index (χ3v) is 11.9. The highest BCUT2D eigenvalue weighted by atomic mass is 32.1. The van der Waals surface area contributed by atoms with Crippen LogP contribution in [0.1, 0.15) is 23.6 Å². The lowest BCUT2D eigenvalue weighted by molar-refractivity contribution is 0.534. The first-order chi connectivity index (χ1) is 25.7. The molecule has 1 aliphatic carbocycles. The van der Waals surface area contributed by atoms with Gasteiger partial charge in [0.15, 0.2) is 11.7 Å². The van der Waals surface area contributed by atoms with Crippen molar-refractivity contribution in [1.82, 2.24) is 14.1 Å². The normalized spacial score (nSPS) is 12.9. The number of thiophene rings is 1. The van der Waals surface area contributed by atoms with E-state index >= 15 is 0 Å². The predicted octanol–water partition coefficient (Wildman–Crippen LogP) is 12.7. The number of nitrogens with zero attached hydrogens (tertiary/aromatic N) is 3. The Kier molecular flexibility index (Phi) is 6.49. The van der Waals surface area contributed by atoms with E-state index in [1.165, 1.54) is 64.4 Å². The fraction of sp³-hybridized carbons (Fsp3) is 0.0851. The van der Waals surface area contributed by atoms with Crippen LogP contribution in [0.25, 0.3) is 87.2 Å². The van der Waals surface area contributed by atoms with Gasteiger partial charge in [-0.2, -0.15) is 0 Å². The van der Waals surface area contributed by atoms with Gasteiger partial charge in [0.05, 0.1) is 28.1 Å². The smallest absolute Gasteiger partial charge is 0.192 e. The van der Waals surface area contributed by atoms with Crippen LogP contribution >= 0.6 is 11.3 Å². The van der Waals surface area contributed by atoms with Crippen LogP contribution < -0.4 is 0 Å². The Morgan fingerprint density at radius 3 is 2.04 bits per heavy atom. The van der Waals surface area contributed by atoms with Crippen molar-refractivity contribution in [2.24, 2.45) is 0 Å². The van der Waals surface area contributed by atoms with E-state index in [4.69, 9.17) is 9.40 Å². The van der Waals surface area contributed by atoms with Gasteiger partial charge in [-0.25, -0.2) is 4.98 Å². The summed E-state index contributed by atoms with van der Waals surface area (Å²) in [6, 6.07) is 53.2. The number of aryl methyl sites for hydroxylation is 2. The van der Waals surface area contributed by atoms with Crippen molar-refractivity contribution in [2.75, 3.05) is 0 Å². The van der Waals surface area contributed by atoms with Crippen LogP contribution in [0.15, 0.2) is 150 Å². The number of para-hydroxylation sites is 3. The molecule has 0 spiro atoms. The first-order valence-electron chi connectivity index (χ1n) is 18.0. The minimum Gasteiger partial charge on any atom is -0.441 e. The van der Waals surface area contributed by atoms with Gasteiger partial charge in [0, 0.05) is 60.4 Å². The summed E-state index contributed by atoms with van der Waals surface area (Å²) in [4.78, 5) is 4.94. The maximum atomic E-state index is 6.61. The second kappa shape index (κ2) is 11.4. The number of hydrogen-bond donors (Lipinski definition) is 0. The van der Waals surface area contributed by atoms with Crippen LogP contribution in [-0.4, -0.2) is 14.1 Å². The maximum absolute atomic E-state index is 6.61. The second-order valence-corrected chi connectivity index (χ2v) is 14.9. The van der Waals surface area contributed by atoms with Gasteiger partial charge in [0.2, 0.25) is 0 Å². The zero-order valence-corrected chi connectivity index (χ0v) is 29.5. The minimum atomic E-state index is 0.713. The molecule has 4 nitrogen and oxygen atoms in total. The van der Waals surface area contributed by atoms with Crippen LogP contribution in [0, 0.1) is 6.92 Å². The van der Waals surface area contributed by atoms with Crippen molar-refractivity contribution in [2.45, 2.75) is 26.2 Å². The summed E-state index contributed by atoms with van der Waals surface area (Å²) >= 11 is 1.86. The van der Waals surface area contributed by atoms with Crippen LogP contribution in [0.4, 0.5) is 0 Å². The molecule has 6 aromatic carbocycles. The van der Waals surface area contributed by atoms with Crippen LogP contribution in [0.2, 0.25) is 0 Å². The summed E-state index contributed by atoms with van der Waals surface area (Å²) in [7, 11) is 0. The maximum Gasteiger partial charge on any atom is 0.192 e. The lowest BCUT2D eigenvalue weighted by atomic mass is 9.97. The molecular weight excluding hydrogens is 655 g/mol. The standard InChI is InChI=1S/C47H33N3OS/c1-29-48-39-21-12-20-37-44(47(39)51-29)46(31-25-26-43-38(28-31)36-19-7-10-24-42(36)52-43)50(32-14-3-2-4-15-32)45(37)30-13-11-16-33(27-30)49-40-22-8-5-17-34(40)35-18-6-9-23-41(35)49/h2-11,13-19,22-28H,12,20-21H2,1H3. The van der Waals surface area contributed by atoms with Gasteiger partial charge in [-0.05, 0) is 85.0 Å². The van der Waals surface area contributed by atoms with Crippen molar-refractivity contribution < 1.29 is 4.42 Å². The van der Waals surface area contributed by atoms with E-state index in [2.05, 4.69) is 155 Å². The molecule has 52 heavy (non-hydrogen) atoms. The summed E-state index contributed by atoms with van der Waals surface area (Å²) in [6.07, 6.45) is 2.81. The Balaban J connectivity index is 1.25. The highest BCUT2D eigenvalue weighted by Crippen LogP contribution is 2.49. The topological polar surface area (TPSA) is 35.9 Å². The van der Waals surface area contributed by atoms with E-state index in [-0.39, 0.29) is 0 Å². The van der Waals surface area contributed by atoms with Gasteiger partial charge < -0.3 is 13.6 Å². The zero-order chi connectivity index (χ0) is 34.3. The fourth-order valence-electron chi connectivity index (χ4n) is 8.65. The summed E-state index contributed by atoms with van der Waals surface area (Å²) in [6.45, 7) is 1.97. The molecule has 0 bridgehead atoms. The third-order valence-electron chi connectivity index (χ3n) is 10.8. The lowest BCUT2D eigenvalue weighted by Gasteiger charge is -2.17. The molecule has 248 valence electrons. The molecule has 0 atom stereocenters. The number of hydrogen-bond acceptors (Lipinski definition) is 3. The molecule has 0 fully saturated rings. The number of rotatable bonds is 4. The largest absolute Gasteiger partial charge is 0.441 e. The number of oxazole rings is 1. The molecule has 0 amide bonds. The fourth-order valence-corrected chi connectivity index (χ4v) is 9.74. The SMILES string of the molecule is Cc1nc2c(o1)-c1c(c(-c3cccc(-n4c5ccccc5c5ccccc54)c3)n(-c3ccccc3)c1-c1ccc3sc4ccccc4c3c1)CCC2. The molecule has 0 N–H and O–H groups in total.